The maximum absolute atomic E-state index is 6.45. The fourth-order valence-corrected chi connectivity index (χ4v) is 6.26. The van der Waals surface area contributed by atoms with Gasteiger partial charge in [-0.2, -0.15) is 0 Å². The van der Waals surface area contributed by atoms with Crippen LogP contribution in [0, 0.1) is 0 Å². The van der Waals surface area contributed by atoms with E-state index in [0.29, 0.717) is 0 Å². The molecular formula is C23H19ClS. The zero-order valence-corrected chi connectivity index (χ0v) is 15.9. The molecule has 1 aliphatic carbocycles. The molecule has 0 saturated carbocycles. The molecule has 0 amide bonds. The molecule has 25 heavy (non-hydrogen) atoms. The van der Waals surface area contributed by atoms with Crippen LogP contribution in [0.5, 0.6) is 0 Å². The van der Waals surface area contributed by atoms with Crippen molar-refractivity contribution >= 4 is 23.4 Å². The first kappa shape index (κ1) is 15.5. The molecule has 1 atom stereocenters. The van der Waals surface area contributed by atoms with E-state index < -0.39 is 0 Å². The molecule has 1 heterocycles. The fraction of sp³-hybridized carbons (Fsp3) is 0.217. The highest BCUT2D eigenvalue weighted by atomic mass is 35.5. The van der Waals surface area contributed by atoms with Crippen molar-refractivity contribution in [2.24, 2.45) is 0 Å². The molecule has 5 rings (SSSR count). The van der Waals surface area contributed by atoms with Crippen molar-refractivity contribution in [3.8, 4) is 0 Å². The van der Waals surface area contributed by atoms with Gasteiger partial charge in [0.15, 0.2) is 0 Å². The van der Waals surface area contributed by atoms with Gasteiger partial charge >= 0.3 is 0 Å². The van der Waals surface area contributed by atoms with Crippen LogP contribution in [-0.2, 0) is 10.8 Å². The zero-order valence-electron chi connectivity index (χ0n) is 14.3. The van der Waals surface area contributed by atoms with Gasteiger partial charge in [0, 0.05) is 20.2 Å². The molecule has 2 heteroatoms. The number of benzene rings is 3. The Morgan fingerprint density at radius 1 is 0.760 bits per heavy atom. The third-order valence-electron chi connectivity index (χ3n) is 5.79. The Labute approximate surface area is 158 Å². The smallest absolute Gasteiger partial charge is 0.0485 e. The molecule has 3 aromatic rings. The second kappa shape index (κ2) is 5.16. The molecule has 0 aromatic heterocycles. The average Bonchev–Trinajstić information content (AvgIpc) is 2.85. The van der Waals surface area contributed by atoms with Crippen molar-refractivity contribution in [2.45, 2.75) is 40.9 Å². The van der Waals surface area contributed by atoms with Crippen LogP contribution in [0.2, 0.25) is 5.02 Å². The van der Waals surface area contributed by atoms with Crippen molar-refractivity contribution in [2.75, 3.05) is 0 Å². The molecule has 0 fully saturated rings. The van der Waals surface area contributed by atoms with Crippen LogP contribution in [0.1, 0.15) is 42.5 Å². The zero-order chi connectivity index (χ0) is 17.2. The van der Waals surface area contributed by atoms with Crippen molar-refractivity contribution < 1.29 is 0 Å². The molecule has 1 aliphatic heterocycles. The van der Waals surface area contributed by atoms with E-state index in [4.69, 9.17) is 11.6 Å². The fourth-order valence-electron chi connectivity index (χ4n) is 4.88. The maximum Gasteiger partial charge on any atom is 0.0485 e. The Balaban J connectivity index is 1.93. The maximum atomic E-state index is 6.45. The second-order valence-electron chi connectivity index (χ2n) is 7.75. The molecule has 0 saturated heterocycles. The highest BCUT2D eigenvalue weighted by molar-refractivity contribution is 7.99. The molecule has 1 unspecified atom stereocenters. The molecule has 1 spiro atoms. The lowest BCUT2D eigenvalue weighted by atomic mass is 9.68. The van der Waals surface area contributed by atoms with Gasteiger partial charge in [-0.1, -0.05) is 79.7 Å². The first-order valence-electron chi connectivity index (χ1n) is 8.70. The van der Waals surface area contributed by atoms with Crippen LogP contribution >= 0.6 is 23.4 Å². The molecule has 124 valence electrons. The topological polar surface area (TPSA) is 0 Å². The summed E-state index contributed by atoms with van der Waals surface area (Å²) in [6, 6.07) is 24.3. The normalized spacial score (nSPS) is 22.4. The van der Waals surface area contributed by atoms with E-state index in [1.54, 1.807) is 0 Å². The quantitative estimate of drug-likeness (QED) is 0.422. The Kier molecular flexibility index (Phi) is 3.21. The van der Waals surface area contributed by atoms with Crippen molar-refractivity contribution in [3.63, 3.8) is 0 Å². The predicted octanol–water partition coefficient (Wildman–Crippen LogP) is 6.82. The van der Waals surface area contributed by atoms with Crippen molar-refractivity contribution in [1.29, 1.82) is 0 Å². The lowest BCUT2D eigenvalue weighted by molar-refractivity contribution is 0.435. The molecule has 0 N–H and O–H groups in total. The van der Waals surface area contributed by atoms with E-state index in [1.165, 1.54) is 32.0 Å². The minimum Gasteiger partial charge on any atom is -0.0894 e. The van der Waals surface area contributed by atoms with Gasteiger partial charge in [0.25, 0.3) is 0 Å². The Hall–Kier alpha value is -1.70. The highest BCUT2D eigenvalue weighted by Crippen LogP contribution is 2.62. The average molecular weight is 363 g/mol. The first-order chi connectivity index (χ1) is 12.0. The Morgan fingerprint density at radius 2 is 1.40 bits per heavy atom. The molecule has 0 radical (unpaired) electrons. The van der Waals surface area contributed by atoms with Gasteiger partial charge in [0.2, 0.25) is 0 Å². The van der Waals surface area contributed by atoms with Gasteiger partial charge < -0.3 is 0 Å². The molecular weight excluding hydrogens is 344 g/mol. The number of fused-ring (bicyclic) bond motifs is 6. The Bertz CT molecular complexity index is 1000. The number of rotatable bonds is 0. The number of hydrogen-bond acceptors (Lipinski definition) is 1. The minimum atomic E-state index is -0.109. The lowest BCUT2D eigenvalue weighted by Crippen LogP contribution is -2.32. The van der Waals surface area contributed by atoms with Crippen LogP contribution in [0.4, 0.5) is 0 Å². The van der Waals surface area contributed by atoms with Crippen LogP contribution < -0.4 is 0 Å². The third kappa shape index (κ3) is 2.03. The minimum absolute atomic E-state index is 0.109. The third-order valence-corrected chi connectivity index (χ3v) is 7.18. The second-order valence-corrected chi connectivity index (χ2v) is 9.27. The molecule has 2 aliphatic rings. The van der Waals surface area contributed by atoms with Crippen LogP contribution in [0.25, 0.3) is 0 Å². The highest BCUT2D eigenvalue weighted by Gasteiger charge is 2.52. The standard InChI is InChI=1S/C23H19ClS/c1-22(2)14-23(17-8-4-3-7-16(17)22)18-9-5-6-10-20(18)25-21-12-11-15(24)13-19(21)23/h3-13H,14H2,1-2H3. The van der Waals surface area contributed by atoms with Gasteiger partial charge in [0.05, 0.1) is 0 Å². The van der Waals surface area contributed by atoms with E-state index in [1.807, 2.05) is 17.8 Å². The monoisotopic (exact) mass is 362 g/mol. The van der Waals surface area contributed by atoms with Crippen molar-refractivity contribution in [1.82, 2.24) is 0 Å². The summed E-state index contributed by atoms with van der Waals surface area (Å²) in [6.07, 6.45) is 1.07. The first-order valence-corrected chi connectivity index (χ1v) is 9.89. The number of hydrogen-bond donors (Lipinski definition) is 0. The van der Waals surface area contributed by atoms with Crippen LogP contribution in [-0.4, -0.2) is 0 Å². The van der Waals surface area contributed by atoms with Gasteiger partial charge in [-0.25, -0.2) is 0 Å². The summed E-state index contributed by atoms with van der Waals surface area (Å²) in [6.45, 7) is 4.74. The van der Waals surface area contributed by atoms with E-state index in [2.05, 4.69) is 74.5 Å². The summed E-state index contributed by atoms with van der Waals surface area (Å²) >= 11 is 8.32. The van der Waals surface area contributed by atoms with Gasteiger partial charge in [-0.15, -0.1) is 0 Å². The summed E-state index contributed by atoms with van der Waals surface area (Å²) in [4.78, 5) is 2.69. The summed E-state index contributed by atoms with van der Waals surface area (Å²) in [5.41, 5.74) is 5.71. The summed E-state index contributed by atoms with van der Waals surface area (Å²) in [5.74, 6) is 0. The van der Waals surface area contributed by atoms with Gasteiger partial charge in [-0.3, -0.25) is 0 Å². The van der Waals surface area contributed by atoms with E-state index in [0.717, 1.165) is 11.4 Å². The number of halogens is 1. The lowest BCUT2D eigenvalue weighted by Gasteiger charge is -2.39. The van der Waals surface area contributed by atoms with Crippen LogP contribution in [0.15, 0.2) is 76.5 Å². The van der Waals surface area contributed by atoms with E-state index in [9.17, 15) is 0 Å². The van der Waals surface area contributed by atoms with Crippen LogP contribution in [0.3, 0.4) is 0 Å². The summed E-state index contributed by atoms with van der Waals surface area (Å²) in [5, 5.41) is 0.820. The largest absolute Gasteiger partial charge is 0.0894 e. The molecule has 0 nitrogen and oxygen atoms in total. The van der Waals surface area contributed by atoms with Crippen molar-refractivity contribution in [3.05, 3.63) is 94.0 Å². The predicted molar refractivity (Wildman–Crippen MR) is 106 cm³/mol. The molecule has 3 aromatic carbocycles. The summed E-state index contributed by atoms with van der Waals surface area (Å²) < 4.78 is 0. The van der Waals surface area contributed by atoms with E-state index >= 15 is 0 Å². The SMILES string of the molecule is CC1(C)CC2(c3ccccc3Sc3ccc(Cl)cc32)c2ccccc21. The molecule has 0 bridgehead atoms. The van der Waals surface area contributed by atoms with Gasteiger partial charge in [-0.05, 0) is 58.4 Å². The van der Waals surface area contributed by atoms with E-state index in [-0.39, 0.29) is 10.8 Å². The summed E-state index contributed by atoms with van der Waals surface area (Å²) in [7, 11) is 0. The Morgan fingerprint density at radius 3 is 2.20 bits per heavy atom. The van der Waals surface area contributed by atoms with Gasteiger partial charge in [0.1, 0.15) is 0 Å².